The summed E-state index contributed by atoms with van der Waals surface area (Å²) in [6.45, 7) is 5.72. The first-order valence-corrected chi connectivity index (χ1v) is 9.52. The second-order valence-corrected chi connectivity index (χ2v) is 6.53. The van der Waals surface area contributed by atoms with E-state index in [-0.39, 0.29) is 13.0 Å². The summed E-state index contributed by atoms with van der Waals surface area (Å²) in [6.07, 6.45) is -1.24. The van der Waals surface area contributed by atoms with Crippen molar-refractivity contribution in [2.24, 2.45) is 0 Å². The van der Waals surface area contributed by atoms with Gasteiger partial charge in [-0.2, -0.15) is 8.78 Å². The van der Waals surface area contributed by atoms with Gasteiger partial charge < -0.3 is 10.1 Å². The van der Waals surface area contributed by atoms with E-state index in [4.69, 9.17) is 0 Å². The number of hydrogen-bond acceptors (Lipinski definition) is 4. The highest BCUT2D eigenvalue weighted by atomic mass is 19.3. The highest BCUT2D eigenvalue weighted by Gasteiger charge is 2.40. The predicted molar refractivity (Wildman–Crippen MR) is 109 cm³/mol. The zero-order chi connectivity index (χ0) is 22.8. The van der Waals surface area contributed by atoms with Crippen molar-refractivity contribution in [3.05, 3.63) is 71.1 Å². The Labute approximate surface area is 177 Å². The van der Waals surface area contributed by atoms with Crippen LogP contribution >= 0.6 is 0 Å². The van der Waals surface area contributed by atoms with Crippen LogP contribution in [0.3, 0.4) is 0 Å². The summed E-state index contributed by atoms with van der Waals surface area (Å²) < 4.78 is 58.9. The Morgan fingerprint density at radius 1 is 1.13 bits per heavy atom. The van der Waals surface area contributed by atoms with Crippen LogP contribution in [0.25, 0.3) is 11.3 Å². The molecule has 0 saturated carbocycles. The van der Waals surface area contributed by atoms with Gasteiger partial charge in [-0.3, -0.25) is 9.78 Å². The summed E-state index contributed by atoms with van der Waals surface area (Å²) in [5.74, 6) is -2.90. The van der Waals surface area contributed by atoms with Crippen LogP contribution in [0, 0.1) is 18.6 Å². The number of rotatable bonds is 3. The van der Waals surface area contributed by atoms with Crippen molar-refractivity contribution in [1.82, 2.24) is 9.97 Å². The predicted octanol–water partition coefficient (Wildman–Crippen LogP) is 5.78. The summed E-state index contributed by atoms with van der Waals surface area (Å²) >= 11 is 0. The summed E-state index contributed by atoms with van der Waals surface area (Å²) in [7, 11) is 0. The third-order valence-corrected chi connectivity index (χ3v) is 4.42. The Morgan fingerprint density at radius 2 is 1.81 bits per heavy atom. The molecule has 3 aromatic rings. The van der Waals surface area contributed by atoms with E-state index in [9.17, 15) is 22.4 Å². The van der Waals surface area contributed by atoms with Crippen LogP contribution in [-0.4, -0.2) is 22.0 Å². The van der Waals surface area contributed by atoms with Crippen molar-refractivity contribution >= 4 is 11.7 Å². The van der Waals surface area contributed by atoms with E-state index in [1.54, 1.807) is 13.0 Å². The number of nitrogens with zero attached hydrogens (tertiary/aromatic N) is 2. The molecule has 0 fully saturated rings. The summed E-state index contributed by atoms with van der Waals surface area (Å²) in [5.41, 5.74) is 1.24. The number of alkyl halides is 2. The third kappa shape index (κ3) is 4.65. The number of aromatic nitrogens is 2. The maximum Gasteiger partial charge on any atom is 0.402 e. The second kappa shape index (κ2) is 8.71. The molecule has 5 nitrogen and oxygen atoms in total. The number of fused-ring (bicyclic) bond motifs is 1. The van der Waals surface area contributed by atoms with E-state index in [1.807, 2.05) is 13.8 Å². The molecule has 1 N–H and O–H groups in total. The van der Waals surface area contributed by atoms with Gasteiger partial charge in [0.05, 0.1) is 24.5 Å². The van der Waals surface area contributed by atoms with Gasteiger partial charge in [0.15, 0.2) is 5.82 Å². The van der Waals surface area contributed by atoms with Crippen molar-refractivity contribution in [1.29, 1.82) is 0 Å². The molecule has 1 aromatic heterocycles. The zero-order valence-corrected chi connectivity index (χ0v) is 17.0. The van der Waals surface area contributed by atoms with Crippen molar-refractivity contribution in [2.75, 3.05) is 5.32 Å². The normalized spacial score (nSPS) is 13.5. The fraction of sp³-hybridized carbons (Fsp3) is 0.227. The molecule has 9 heteroatoms. The summed E-state index contributed by atoms with van der Waals surface area (Å²) in [6, 6.07) is 6.15. The highest BCUT2D eigenvalue weighted by molar-refractivity contribution is 6.04. The minimum atomic E-state index is -3.24. The van der Waals surface area contributed by atoms with E-state index in [0.29, 0.717) is 22.4 Å². The molecule has 4 rings (SSSR count). The zero-order valence-electron chi connectivity index (χ0n) is 17.0. The lowest BCUT2D eigenvalue weighted by atomic mass is 10.0. The van der Waals surface area contributed by atoms with Gasteiger partial charge >= 0.3 is 6.11 Å². The first kappa shape index (κ1) is 22.2. The SMILES string of the molecule is CC.Cc1cc2c(cc1-c1cnc(NC(=O)c3c(F)cccc3F)cn1)CC(F)(F)O2.[HH]. The number of benzene rings is 2. The van der Waals surface area contributed by atoms with E-state index < -0.39 is 35.6 Å². The molecule has 0 aliphatic carbocycles. The van der Waals surface area contributed by atoms with Crippen LogP contribution in [0.1, 0.15) is 36.8 Å². The fourth-order valence-electron chi connectivity index (χ4n) is 3.08. The van der Waals surface area contributed by atoms with Crippen molar-refractivity contribution in [3.8, 4) is 17.0 Å². The quantitative estimate of drug-likeness (QED) is 0.530. The third-order valence-electron chi connectivity index (χ3n) is 4.42. The fourth-order valence-corrected chi connectivity index (χ4v) is 3.08. The van der Waals surface area contributed by atoms with Crippen LogP contribution in [0.5, 0.6) is 5.75 Å². The van der Waals surface area contributed by atoms with Gasteiger partial charge in [0.1, 0.15) is 22.9 Å². The number of hydrogen-bond donors (Lipinski definition) is 1. The van der Waals surface area contributed by atoms with Gasteiger partial charge in [0.25, 0.3) is 5.91 Å². The summed E-state index contributed by atoms with van der Waals surface area (Å²) in [5, 5.41) is 2.27. The van der Waals surface area contributed by atoms with Crippen molar-refractivity contribution < 1.29 is 28.5 Å². The van der Waals surface area contributed by atoms with Crippen LogP contribution in [-0.2, 0) is 6.42 Å². The molecule has 164 valence electrons. The van der Waals surface area contributed by atoms with Crippen molar-refractivity contribution in [3.63, 3.8) is 0 Å². The maximum atomic E-state index is 13.7. The molecule has 0 bridgehead atoms. The molecule has 0 unspecified atom stereocenters. The Hall–Kier alpha value is -3.49. The van der Waals surface area contributed by atoms with Crippen LogP contribution < -0.4 is 10.1 Å². The standard InChI is InChI=1S/C20H13F4N3O2.C2H6.H2/c1-10-5-16-11(7-20(23,24)29-16)6-12(10)15-8-26-17(9-25-15)27-19(28)18-13(21)3-2-4-14(18)22;1-2;/h2-6,8-9H,7H2,1H3,(H,26,27,28);1-2H3;1H. The van der Waals surface area contributed by atoms with Gasteiger partial charge in [-0.1, -0.05) is 19.9 Å². The molecule has 2 heterocycles. The maximum absolute atomic E-state index is 13.7. The van der Waals surface area contributed by atoms with E-state index in [1.165, 1.54) is 18.5 Å². The molecule has 2 aromatic carbocycles. The smallest absolute Gasteiger partial charge is 0.402 e. The van der Waals surface area contributed by atoms with Crippen LogP contribution in [0.15, 0.2) is 42.7 Å². The molecular formula is C22H21F4N3O2. The van der Waals surface area contributed by atoms with Gasteiger partial charge in [0, 0.05) is 12.6 Å². The van der Waals surface area contributed by atoms with Crippen LogP contribution in [0.4, 0.5) is 23.4 Å². The molecular weight excluding hydrogens is 414 g/mol. The van der Waals surface area contributed by atoms with Gasteiger partial charge in [-0.15, -0.1) is 0 Å². The van der Waals surface area contributed by atoms with E-state index in [2.05, 4.69) is 20.0 Å². The lowest BCUT2D eigenvalue weighted by Crippen LogP contribution is -2.20. The number of carbonyl (C=O) groups is 1. The average molecular weight is 435 g/mol. The Bertz CT molecular complexity index is 1100. The molecule has 0 saturated heterocycles. The topological polar surface area (TPSA) is 64.1 Å². The molecule has 0 spiro atoms. The monoisotopic (exact) mass is 435 g/mol. The van der Waals surface area contributed by atoms with Crippen molar-refractivity contribution in [2.45, 2.75) is 33.3 Å². The first-order chi connectivity index (χ1) is 14.7. The van der Waals surface area contributed by atoms with E-state index in [0.717, 1.165) is 18.2 Å². The molecule has 1 amide bonds. The Morgan fingerprint density at radius 3 is 2.42 bits per heavy atom. The van der Waals surface area contributed by atoms with Gasteiger partial charge in [0.2, 0.25) is 0 Å². The molecule has 31 heavy (non-hydrogen) atoms. The highest BCUT2D eigenvalue weighted by Crippen LogP contribution is 2.40. The molecule has 0 atom stereocenters. The molecule has 1 aliphatic rings. The number of nitrogens with one attached hydrogen (secondary N) is 1. The number of anilines is 1. The minimum Gasteiger partial charge on any atom is -0.432 e. The number of carbonyl (C=O) groups excluding carboxylic acids is 1. The van der Waals surface area contributed by atoms with E-state index >= 15 is 0 Å². The van der Waals surface area contributed by atoms with Gasteiger partial charge in [-0.05, 0) is 36.8 Å². The molecule has 0 radical (unpaired) electrons. The summed E-state index contributed by atoms with van der Waals surface area (Å²) in [4.78, 5) is 20.3. The van der Waals surface area contributed by atoms with Crippen LogP contribution in [0.2, 0.25) is 0 Å². The number of ether oxygens (including phenoxy) is 1. The van der Waals surface area contributed by atoms with Gasteiger partial charge in [-0.25, -0.2) is 13.8 Å². The average Bonchev–Trinajstić information content (AvgIpc) is 3.02. The molecule has 1 aliphatic heterocycles. The lowest BCUT2D eigenvalue weighted by molar-refractivity contribution is -0.159. The Kier molecular flexibility index (Phi) is 6.24. The second-order valence-electron chi connectivity index (χ2n) is 6.53. The largest absolute Gasteiger partial charge is 0.432 e. The lowest BCUT2D eigenvalue weighted by Gasteiger charge is -2.10. The number of halogens is 4. The number of amides is 1. The number of aryl methyl sites for hydroxylation is 1. The Balaban J connectivity index is 0.00000118. The first-order valence-electron chi connectivity index (χ1n) is 9.52. The minimum absolute atomic E-state index is 0.